The number of benzene rings is 1. The van der Waals surface area contributed by atoms with Crippen LogP contribution in [0.15, 0.2) is 52.2 Å². The highest BCUT2D eigenvalue weighted by Gasteiger charge is 2.18. The third-order valence-corrected chi connectivity index (χ3v) is 4.63. The third kappa shape index (κ3) is 2.96. The molecule has 3 heterocycles. The van der Waals surface area contributed by atoms with Gasteiger partial charge in [-0.15, -0.1) is 0 Å². The zero-order valence-electron chi connectivity index (χ0n) is 15.9. The number of fused-ring (bicyclic) bond motifs is 1. The highest BCUT2D eigenvalue weighted by atomic mass is 19.1. The Labute approximate surface area is 163 Å². The van der Waals surface area contributed by atoms with Crippen LogP contribution in [0.25, 0.3) is 16.7 Å². The van der Waals surface area contributed by atoms with Gasteiger partial charge in [0.2, 0.25) is 0 Å². The van der Waals surface area contributed by atoms with E-state index < -0.39 is 23.0 Å². The van der Waals surface area contributed by atoms with Gasteiger partial charge in [0.05, 0.1) is 22.3 Å². The van der Waals surface area contributed by atoms with Crippen LogP contribution in [0.3, 0.4) is 0 Å². The summed E-state index contributed by atoms with van der Waals surface area (Å²) in [5.74, 6) is -0.895. The molecule has 0 N–H and O–H groups in total. The maximum atomic E-state index is 13.3. The average Bonchev–Trinajstić information content (AvgIpc) is 3.05. The van der Waals surface area contributed by atoms with E-state index in [1.165, 1.54) is 52.8 Å². The molecular weight excluding hydrogens is 377 g/mol. The van der Waals surface area contributed by atoms with Gasteiger partial charge in [0, 0.05) is 18.9 Å². The Kier molecular flexibility index (Phi) is 4.22. The molecule has 0 aliphatic heterocycles. The van der Waals surface area contributed by atoms with Crippen molar-refractivity contribution >= 4 is 16.9 Å². The van der Waals surface area contributed by atoms with E-state index in [0.717, 1.165) is 4.57 Å². The lowest BCUT2D eigenvalue weighted by atomic mass is 10.2. The van der Waals surface area contributed by atoms with Crippen LogP contribution in [0.1, 0.15) is 21.7 Å². The minimum absolute atomic E-state index is 0.0784. The molecule has 0 saturated heterocycles. The van der Waals surface area contributed by atoms with Crippen molar-refractivity contribution in [2.45, 2.75) is 13.8 Å². The molecule has 0 amide bonds. The van der Waals surface area contributed by atoms with Crippen LogP contribution < -0.4 is 11.2 Å². The van der Waals surface area contributed by atoms with E-state index in [2.05, 4.69) is 10.1 Å². The number of aromatic nitrogens is 5. The number of pyridine rings is 1. The summed E-state index contributed by atoms with van der Waals surface area (Å²) < 4.78 is 16.7. The summed E-state index contributed by atoms with van der Waals surface area (Å²) in [6.07, 6.45) is 1.29. The maximum absolute atomic E-state index is 13.3. The fourth-order valence-electron chi connectivity index (χ4n) is 3.20. The molecule has 0 atom stereocenters. The molecule has 29 heavy (non-hydrogen) atoms. The second-order valence-corrected chi connectivity index (χ2v) is 6.70. The van der Waals surface area contributed by atoms with Crippen LogP contribution in [0, 0.1) is 19.7 Å². The van der Waals surface area contributed by atoms with Gasteiger partial charge >= 0.3 is 5.69 Å². The Hall–Kier alpha value is -3.88. The Morgan fingerprint density at radius 3 is 2.38 bits per heavy atom. The molecule has 146 valence electrons. The summed E-state index contributed by atoms with van der Waals surface area (Å²) in [5, 5.41) is 4.25. The monoisotopic (exact) mass is 393 g/mol. The SMILES string of the molecule is Cc1cc(C)n(C(=O)c2cnc3c(c2)c(=O)n(C)c(=O)n3-c2ccc(F)cc2)n1. The van der Waals surface area contributed by atoms with Crippen LogP contribution in [0.2, 0.25) is 0 Å². The van der Waals surface area contributed by atoms with E-state index in [-0.39, 0.29) is 16.6 Å². The number of hydrogen-bond donors (Lipinski definition) is 0. The van der Waals surface area contributed by atoms with Crippen molar-refractivity contribution in [2.75, 3.05) is 0 Å². The van der Waals surface area contributed by atoms with Gasteiger partial charge in [0.25, 0.3) is 11.5 Å². The molecule has 0 aliphatic rings. The molecule has 0 bridgehead atoms. The lowest BCUT2D eigenvalue weighted by Gasteiger charge is -2.12. The van der Waals surface area contributed by atoms with Crippen LogP contribution in [-0.2, 0) is 7.05 Å². The number of hydrogen-bond acceptors (Lipinski definition) is 5. The van der Waals surface area contributed by atoms with Crippen LogP contribution in [0.5, 0.6) is 0 Å². The molecule has 0 saturated carbocycles. The van der Waals surface area contributed by atoms with Crippen molar-refractivity contribution in [3.05, 3.63) is 86.2 Å². The van der Waals surface area contributed by atoms with Crippen molar-refractivity contribution in [1.82, 2.24) is 23.9 Å². The normalized spacial score (nSPS) is 11.2. The lowest BCUT2D eigenvalue weighted by molar-refractivity contribution is 0.0942. The van der Waals surface area contributed by atoms with Crippen LogP contribution in [0.4, 0.5) is 4.39 Å². The first-order chi connectivity index (χ1) is 13.8. The van der Waals surface area contributed by atoms with Gasteiger partial charge in [0.15, 0.2) is 5.65 Å². The second-order valence-electron chi connectivity index (χ2n) is 6.70. The Morgan fingerprint density at radius 1 is 1.07 bits per heavy atom. The Bertz CT molecular complexity index is 1400. The first-order valence-electron chi connectivity index (χ1n) is 8.73. The van der Waals surface area contributed by atoms with Gasteiger partial charge in [0.1, 0.15) is 5.82 Å². The largest absolute Gasteiger partial charge is 0.337 e. The predicted octanol–water partition coefficient (Wildman–Crippen LogP) is 1.73. The summed E-state index contributed by atoms with van der Waals surface area (Å²) in [7, 11) is 1.33. The quantitative estimate of drug-likeness (QED) is 0.517. The number of carbonyl (C=O) groups is 1. The van der Waals surface area contributed by atoms with E-state index in [4.69, 9.17) is 0 Å². The fraction of sp³-hybridized carbons (Fsp3) is 0.150. The maximum Gasteiger partial charge on any atom is 0.337 e. The van der Waals surface area contributed by atoms with Crippen molar-refractivity contribution < 1.29 is 9.18 Å². The highest BCUT2D eigenvalue weighted by Crippen LogP contribution is 2.15. The zero-order chi connectivity index (χ0) is 20.9. The van der Waals surface area contributed by atoms with Gasteiger partial charge in [-0.3, -0.25) is 14.2 Å². The topological polar surface area (TPSA) is 91.8 Å². The summed E-state index contributed by atoms with van der Waals surface area (Å²) in [5.41, 5.74) is 0.711. The Balaban J connectivity index is 1.97. The van der Waals surface area contributed by atoms with E-state index in [9.17, 15) is 18.8 Å². The van der Waals surface area contributed by atoms with Crippen LogP contribution >= 0.6 is 0 Å². The predicted molar refractivity (Wildman–Crippen MR) is 104 cm³/mol. The Morgan fingerprint density at radius 2 is 1.76 bits per heavy atom. The summed E-state index contributed by atoms with van der Waals surface area (Å²) in [6.45, 7) is 3.52. The summed E-state index contributed by atoms with van der Waals surface area (Å²) >= 11 is 0. The number of carbonyl (C=O) groups excluding carboxylic acids is 1. The van der Waals surface area contributed by atoms with Gasteiger partial charge < -0.3 is 0 Å². The summed E-state index contributed by atoms with van der Waals surface area (Å²) in [4.78, 5) is 42.4. The molecule has 1 aromatic carbocycles. The number of aryl methyl sites for hydroxylation is 2. The fourth-order valence-corrected chi connectivity index (χ4v) is 3.20. The smallest absolute Gasteiger partial charge is 0.268 e. The molecule has 0 fully saturated rings. The van der Waals surface area contributed by atoms with Gasteiger partial charge in [-0.1, -0.05) is 0 Å². The van der Waals surface area contributed by atoms with Gasteiger partial charge in [-0.2, -0.15) is 5.10 Å². The molecule has 0 unspecified atom stereocenters. The molecule has 3 aromatic heterocycles. The summed E-state index contributed by atoms with van der Waals surface area (Å²) in [6, 6.07) is 8.40. The first kappa shape index (κ1) is 18.5. The van der Waals surface area contributed by atoms with Crippen molar-refractivity contribution in [3.63, 3.8) is 0 Å². The standard InChI is InChI=1S/C20H16FN5O3/c1-11-8-12(2)26(23-11)18(27)13-9-16-17(22-10-13)25(20(29)24(3)19(16)28)15-6-4-14(21)5-7-15/h4-10H,1-3H3. The van der Waals surface area contributed by atoms with E-state index in [1.54, 1.807) is 19.9 Å². The van der Waals surface area contributed by atoms with Gasteiger partial charge in [-0.25, -0.2) is 23.4 Å². The zero-order valence-corrected chi connectivity index (χ0v) is 15.9. The molecule has 8 nitrogen and oxygen atoms in total. The number of nitrogens with zero attached hydrogens (tertiary/aromatic N) is 5. The van der Waals surface area contributed by atoms with E-state index in [1.807, 2.05) is 0 Å². The lowest BCUT2D eigenvalue weighted by Crippen LogP contribution is -2.38. The third-order valence-electron chi connectivity index (χ3n) is 4.63. The minimum Gasteiger partial charge on any atom is -0.268 e. The van der Waals surface area contributed by atoms with Crippen molar-refractivity contribution in [3.8, 4) is 5.69 Å². The molecule has 9 heteroatoms. The van der Waals surface area contributed by atoms with Crippen molar-refractivity contribution in [1.29, 1.82) is 0 Å². The molecule has 0 radical (unpaired) electrons. The van der Waals surface area contributed by atoms with Crippen LogP contribution in [-0.4, -0.2) is 29.8 Å². The second kappa shape index (κ2) is 6.62. The van der Waals surface area contributed by atoms with Gasteiger partial charge in [-0.05, 0) is 50.2 Å². The molecule has 0 aliphatic carbocycles. The van der Waals surface area contributed by atoms with E-state index >= 15 is 0 Å². The number of rotatable bonds is 2. The number of halogens is 1. The highest BCUT2D eigenvalue weighted by molar-refractivity contribution is 5.98. The first-order valence-corrected chi connectivity index (χ1v) is 8.73. The molecule has 4 rings (SSSR count). The average molecular weight is 393 g/mol. The molecule has 0 spiro atoms. The van der Waals surface area contributed by atoms with E-state index in [0.29, 0.717) is 17.1 Å². The minimum atomic E-state index is -0.626. The van der Waals surface area contributed by atoms with Crippen molar-refractivity contribution in [2.24, 2.45) is 7.05 Å². The molecular formula is C20H16FN5O3. The molecule has 4 aromatic rings.